The molecule has 0 fully saturated rings. The van der Waals surface area contributed by atoms with Crippen LogP contribution in [0, 0.1) is 0 Å². The number of fused-ring (bicyclic) bond motifs is 1. The molecule has 0 aliphatic heterocycles. The van der Waals surface area contributed by atoms with Crippen molar-refractivity contribution in [1.82, 2.24) is 0 Å². The fraction of sp³-hybridized carbons (Fsp3) is 0.227. The Kier molecular flexibility index (Phi) is 9.61. The molecular weight excluding hydrogens is 603 g/mol. The Morgan fingerprint density at radius 2 is 1.61 bits per heavy atom. The SMILES string of the molecule is O=c1c(/C=N/OCCCCCO/N=C/c2cc(Br)c(O)c(Br)c2)coc2c(Cl)cc(Cl)cc12. The number of benzene rings is 2. The third-order valence-corrected chi connectivity index (χ3v) is 6.08. The maximum Gasteiger partial charge on any atom is 0.201 e. The van der Waals surface area contributed by atoms with Crippen molar-refractivity contribution < 1.29 is 19.2 Å². The summed E-state index contributed by atoms with van der Waals surface area (Å²) in [6.07, 6.45) is 6.57. The molecule has 1 aromatic heterocycles. The van der Waals surface area contributed by atoms with Crippen LogP contribution in [-0.2, 0) is 9.68 Å². The molecule has 0 amide bonds. The third kappa shape index (κ3) is 7.20. The van der Waals surface area contributed by atoms with Crippen LogP contribution in [0.5, 0.6) is 5.75 Å². The molecule has 1 heterocycles. The zero-order valence-electron chi connectivity index (χ0n) is 17.1. The molecule has 2 aromatic carbocycles. The summed E-state index contributed by atoms with van der Waals surface area (Å²) in [4.78, 5) is 22.9. The van der Waals surface area contributed by atoms with Gasteiger partial charge in [-0.15, -0.1) is 0 Å². The summed E-state index contributed by atoms with van der Waals surface area (Å²) in [6, 6.07) is 6.48. The summed E-state index contributed by atoms with van der Waals surface area (Å²) in [5, 5.41) is 18.3. The average molecular weight is 621 g/mol. The Hall–Kier alpha value is -2.07. The minimum Gasteiger partial charge on any atom is -0.506 e. The van der Waals surface area contributed by atoms with Gasteiger partial charge in [-0.05, 0) is 81.0 Å². The maximum atomic E-state index is 12.5. The molecule has 0 saturated carbocycles. The van der Waals surface area contributed by atoms with Crippen molar-refractivity contribution in [3.05, 3.63) is 70.9 Å². The lowest BCUT2D eigenvalue weighted by molar-refractivity contribution is 0.125. The van der Waals surface area contributed by atoms with Gasteiger partial charge in [-0.25, -0.2) is 0 Å². The molecule has 11 heteroatoms. The fourth-order valence-corrected chi connectivity index (χ4v) is 4.50. The fourth-order valence-electron chi connectivity index (χ4n) is 2.74. The molecule has 0 spiro atoms. The lowest BCUT2D eigenvalue weighted by Crippen LogP contribution is -2.08. The zero-order valence-corrected chi connectivity index (χ0v) is 21.7. The maximum absolute atomic E-state index is 12.5. The van der Waals surface area contributed by atoms with Crippen LogP contribution < -0.4 is 5.43 Å². The van der Waals surface area contributed by atoms with Crippen molar-refractivity contribution in [2.75, 3.05) is 13.2 Å². The topological polar surface area (TPSA) is 93.6 Å². The van der Waals surface area contributed by atoms with E-state index in [0.717, 1.165) is 24.8 Å². The van der Waals surface area contributed by atoms with Crippen LogP contribution >= 0.6 is 55.1 Å². The molecule has 0 saturated heterocycles. The Morgan fingerprint density at radius 1 is 0.970 bits per heavy atom. The number of phenols is 1. The number of oxime groups is 2. The van der Waals surface area contributed by atoms with Crippen molar-refractivity contribution in [2.24, 2.45) is 10.3 Å². The van der Waals surface area contributed by atoms with E-state index in [1.165, 1.54) is 24.6 Å². The van der Waals surface area contributed by atoms with Crippen LogP contribution in [0.1, 0.15) is 30.4 Å². The highest BCUT2D eigenvalue weighted by Gasteiger charge is 2.10. The molecule has 1 N–H and O–H groups in total. The summed E-state index contributed by atoms with van der Waals surface area (Å²) in [6.45, 7) is 0.856. The van der Waals surface area contributed by atoms with E-state index < -0.39 is 0 Å². The highest BCUT2D eigenvalue weighted by atomic mass is 79.9. The second kappa shape index (κ2) is 12.4. The number of unbranched alkanes of at least 4 members (excludes halogenated alkanes) is 2. The van der Waals surface area contributed by atoms with E-state index in [4.69, 9.17) is 37.3 Å². The van der Waals surface area contributed by atoms with E-state index >= 15 is 0 Å². The lowest BCUT2D eigenvalue weighted by Gasteiger charge is -2.03. The van der Waals surface area contributed by atoms with Crippen LogP contribution in [0.15, 0.2) is 59.0 Å². The van der Waals surface area contributed by atoms with Crippen molar-refractivity contribution in [2.45, 2.75) is 19.3 Å². The number of nitrogens with zero attached hydrogens (tertiary/aromatic N) is 2. The molecule has 174 valence electrons. The van der Waals surface area contributed by atoms with Crippen LogP contribution in [0.25, 0.3) is 11.0 Å². The predicted molar refractivity (Wildman–Crippen MR) is 137 cm³/mol. The molecule has 0 radical (unpaired) electrons. The second-order valence-corrected chi connectivity index (χ2v) is 9.37. The van der Waals surface area contributed by atoms with Gasteiger partial charge in [-0.2, -0.15) is 0 Å². The summed E-state index contributed by atoms with van der Waals surface area (Å²) < 4.78 is 6.55. The van der Waals surface area contributed by atoms with Crippen molar-refractivity contribution in [3.8, 4) is 5.75 Å². The molecule has 0 atom stereocenters. The monoisotopic (exact) mass is 618 g/mol. The molecule has 3 aromatic rings. The van der Waals surface area contributed by atoms with E-state index in [2.05, 4.69) is 42.2 Å². The first-order valence-corrected chi connectivity index (χ1v) is 12.1. The smallest absolute Gasteiger partial charge is 0.201 e. The van der Waals surface area contributed by atoms with Crippen molar-refractivity contribution >= 4 is 78.5 Å². The van der Waals surface area contributed by atoms with Crippen molar-refractivity contribution in [3.63, 3.8) is 0 Å². The minimum absolute atomic E-state index is 0.134. The first-order chi connectivity index (χ1) is 15.9. The summed E-state index contributed by atoms with van der Waals surface area (Å²) in [5.74, 6) is 0.134. The molecule has 3 rings (SSSR count). The molecular formula is C22H18Br2Cl2N2O5. The van der Waals surface area contributed by atoms with Gasteiger partial charge in [0.05, 0.1) is 37.3 Å². The second-order valence-electron chi connectivity index (χ2n) is 6.81. The van der Waals surface area contributed by atoms with E-state index in [9.17, 15) is 9.90 Å². The summed E-state index contributed by atoms with van der Waals surface area (Å²) in [5.41, 5.74) is 1.00. The number of hydrogen-bond acceptors (Lipinski definition) is 7. The van der Waals surface area contributed by atoms with Crippen molar-refractivity contribution in [1.29, 1.82) is 0 Å². The van der Waals surface area contributed by atoms with Crippen LogP contribution in [0.3, 0.4) is 0 Å². The summed E-state index contributed by atoms with van der Waals surface area (Å²) >= 11 is 18.5. The normalized spacial score (nSPS) is 11.6. The molecule has 33 heavy (non-hydrogen) atoms. The van der Waals surface area contributed by atoms with Gasteiger partial charge in [0.25, 0.3) is 0 Å². The van der Waals surface area contributed by atoms with Gasteiger partial charge in [-0.3, -0.25) is 4.79 Å². The van der Waals surface area contributed by atoms with Gasteiger partial charge in [0.15, 0.2) is 5.58 Å². The van der Waals surface area contributed by atoms with E-state index in [0.29, 0.717) is 27.2 Å². The van der Waals surface area contributed by atoms with Gasteiger partial charge >= 0.3 is 0 Å². The number of halogens is 4. The van der Waals surface area contributed by atoms with E-state index in [1.54, 1.807) is 18.3 Å². The highest BCUT2D eigenvalue weighted by molar-refractivity contribution is 9.11. The Labute approximate surface area is 216 Å². The Morgan fingerprint density at radius 3 is 2.27 bits per heavy atom. The number of aromatic hydroxyl groups is 1. The molecule has 0 unspecified atom stereocenters. The van der Waals surface area contributed by atoms with Gasteiger partial charge in [0.2, 0.25) is 5.43 Å². The number of phenolic OH excluding ortho intramolecular Hbond substituents is 1. The van der Waals surface area contributed by atoms with Gasteiger partial charge in [0.1, 0.15) is 25.2 Å². The summed E-state index contributed by atoms with van der Waals surface area (Å²) in [7, 11) is 0. The van der Waals surface area contributed by atoms with E-state index in [-0.39, 0.29) is 32.7 Å². The minimum atomic E-state index is -0.294. The van der Waals surface area contributed by atoms with Gasteiger partial charge in [0, 0.05) is 5.02 Å². The van der Waals surface area contributed by atoms with E-state index in [1.807, 2.05) is 0 Å². The Balaban J connectivity index is 1.35. The first-order valence-electron chi connectivity index (χ1n) is 9.76. The average Bonchev–Trinajstić information content (AvgIpc) is 2.77. The van der Waals surface area contributed by atoms with Crippen LogP contribution in [0.4, 0.5) is 0 Å². The molecule has 0 aliphatic carbocycles. The third-order valence-electron chi connectivity index (χ3n) is 4.37. The number of rotatable bonds is 10. The lowest BCUT2D eigenvalue weighted by atomic mass is 10.2. The largest absolute Gasteiger partial charge is 0.506 e. The highest BCUT2D eigenvalue weighted by Crippen LogP contribution is 2.32. The van der Waals surface area contributed by atoms with Gasteiger partial charge in [-0.1, -0.05) is 33.5 Å². The molecule has 7 nitrogen and oxygen atoms in total. The van der Waals surface area contributed by atoms with Crippen LogP contribution in [-0.4, -0.2) is 30.7 Å². The first kappa shape index (κ1) is 25.6. The van der Waals surface area contributed by atoms with Crippen LogP contribution in [0.2, 0.25) is 10.0 Å². The molecule has 0 bridgehead atoms. The predicted octanol–water partition coefficient (Wildman–Crippen LogP) is 6.90. The number of hydrogen-bond donors (Lipinski definition) is 1. The zero-order chi connectivity index (χ0) is 23.8. The standard InChI is InChI=1S/C22H18Br2Cl2N2O5/c23-17-6-13(7-18(24)21(17)30)10-27-32-4-2-1-3-5-33-28-11-14-12-31-22-16(20(14)29)8-15(25)9-19(22)26/h6-12,30H,1-5H2/b27-10+,28-11+. The Bertz CT molecular complexity index is 1220. The molecule has 0 aliphatic rings. The quantitative estimate of drug-likeness (QED) is 0.151. The van der Waals surface area contributed by atoms with Gasteiger partial charge < -0.3 is 19.2 Å².